The lowest BCUT2D eigenvalue weighted by Gasteiger charge is -2.46. The third-order valence-electron chi connectivity index (χ3n) is 5.50. The highest BCUT2D eigenvalue weighted by Crippen LogP contribution is 2.39. The first-order chi connectivity index (χ1) is 11.3. The molecule has 0 radical (unpaired) electrons. The minimum Gasteiger partial charge on any atom is -0.496 e. The lowest BCUT2D eigenvalue weighted by atomic mass is 9.76. The van der Waals surface area contributed by atoms with E-state index in [4.69, 9.17) is 4.74 Å². The molecule has 24 heavy (non-hydrogen) atoms. The number of rotatable bonds is 3. The van der Waals surface area contributed by atoms with Crippen LogP contribution < -0.4 is 4.74 Å². The third-order valence-corrected chi connectivity index (χ3v) is 5.50. The smallest absolute Gasteiger partial charge is 0.416 e. The topological polar surface area (TPSA) is 29.5 Å². The monoisotopic (exact) mass is 341 g/mol. The van der Waals surface area contributed by atoms with Crippen molar-refractivity contribution in [2.24, 2.45) is 5.92 Å². The van der Waals surface area contributed by atoms with Crippen molar-refractivity contribution >= 4 is 5.78 Å². The van der Waals surface area contributed by atoms with Crippen molar-refractivity contribution < 1.29 is 22.7 Å². The minimum atomic E-state index is -4.45. The highest BCUT2D eigenvalue weighted by atomic mass is 19.4. The number of methoxy groups -OCH3 is 1. The number of hydrogen-bond acceptors (Lipinski definition) is 3. The van der Waals surface area contributed by atoms with Crippen molar-refractivity contribution in [2.75, 3.05) is 14.2 Å². The molecule has 2 saturated heterocycles. The first kappa shape index (κ1) is 17.3. The normalized spacial score (nSPS) is 27.8. The van der Waals surface area contributed by atoms with Gasteiger partial charge >= 0.3 is 6.18 Å². The molecule has 0 aromatic heterocycles. The Morgan fingerprint density at radius 3 is 2.38 bits per heavy atom. The molecule has 1 aromatic rings. The molecule has 2 aliphatic heterocycles. The number of carbonyl (C=O) groups is 1. The first-order valence-corrected chi connectivity index (χ1v) is 8.32. The van der Waals surface area contributed by atoms with Gasteiger partial charge in [0.05, 0.1) is 18.2 Å². The molecule has 3 rings (SSSR count). The Morgan fingerprint density at radius 1 is 1.21 bits per heavy atom. The Labute approximate surface area is 139 Å². The fourth-order valence-electron chi connectivity index (χ4n) is 4.12. The number of benzene rings is 1. The molecule has 0 N–H and O–H groups in total. The fourth-order valence-corrected chi connectivity index (χ4v) is 4.12. The number of fused-ring (bicyclic) bond motifs is 2. The van der Waals surface area contributed by atoms with Crippen molar-refractivity contribution in [3.63, 3.8) is 0 Å². The van der Waals surface area contributed by atoms with Crippen molar-refractivity contribution in [2.45, 2.75) is 50.4 Å². The summed E-state index contributed by atoms with van der Waals surface area (Å²) in [4.78, 5) is 15.3. The van der Waals surface area contributed by atoms with Crippen LogP contribution in [-0.2, 0) is 6.18 Å². The van der Waals surface area contributed by atoms with E-state index in [0.717, 1.165) is 37.8 Å². The average molecular weight is 341 g/mol. The zero-order valence-corrected chi connectivity index (χ0v) is 13.9. The maximum Gasteiger partial charge on any atom is 0.416 e. The van der Waals surface area contributed by atoms with Gasteiger partial charge in [-0.25, -0.2) is 0 Å². The average Bonchev–Trinajstić information content (AvgIpc) is 2.52. The van der Waals surface area contributed by atoms with Crippen molar-refractivity contribution in [1.29, 1.82) is 0 Å². The summed E-state index contributed by atoms with van der Waals surface area (Å²) in [5, 5.41) is 0. The number of hydrogen-bond donors (Lipinski definition) is 0. The molecule has 0 amide bonds. The van der Waals surface area contributed by atoms with Gasteiger partial charge in [-0.05, 0) is 50.9 Å². The van der Waals surface area contributed by atoms with E-state index in [1.807, 2.05) is 0 Å². The van der Waals surface area contributed by atoms with Crippen LogP contribution in [0.2, 0.25) is 0 Å². The molecule has 132 valence electrons. The first-order valence-electron chi connectivity index (χ1n) is 8.32. The largest absolute Gasteiger partial charge is 0.496 e. The fraction of sp³-hybridized carbons (Fsp3) is 0.611. The minimum absolute atomic E-state index is 0.0129. The summed E-state index contributed by atoms with van der Waals surface area (Å²) in [6, 6.07) is 3.94. The van der Waals surface area contributed by atoms with Crippen LogP contribution in [0.5, 0.6) is 5.75 Å². The van der Waals surface area contributed by atoms with Gasteiger partial charge in [-0.2, -0.15) is 13.2 Å². The molecule has 6 heteroatoms. The summed E-state index contributed by atoms with van der Waals surface area (Å²) >= 11 is 0. The standard InChI is InChI=1S/C18H22F3NO2/c1-22-13-4-3-5-14(22)9-11(8-13)17(23)15-7-6-12(18(19,20)21)10-16(15)24-2/h6-7,10-11,13-14H,3-5,8-9H2,1-2H3. The van der Waals surface area contributed by atoms with Crippen LogP contribution >= 0.6 is 0 Å². The molecular weight excluding hydrogens is 319 g/mol. The van der Waals surface area contributed by atoms with Crippen LogP contribution in [0, 0.1) is 5.92 Å². The summed E-state index contributed by atoms with van der Waals surface area (Å²) in [6.07, 6.45) is 0.456. The van der Waals surface area contributed by atoms with Gasteiger partial charge in [-0.15, -0.1) is 0 Å². The van der Waals surface area contributed by atoms with Gasteiger partial charge in [-0.3, -0.25) is 4.79 Å². The summed E-state index contributed by atoms with van der Waals surface area (Å²) in [5.41, 5.74) is -0.533. The molecule has 0 spiro atoms. The SMILES string of the molecule is COc1cc(C(F)(F)F)ccc1C(=O)C1CC2CCCC(C1)N2C. The summed E-state index contributed by atoms with van der Waals surface area (Å²) in [7, 11) is 3.41. The van der Waals surface area contributed by atoms with E-state index in [-0.39, 0.29) is 23.0 Å². The number of nitrogens with zero attached hydrogens (tertiary/aromatic N) is 1. The maximum atomic E-state index is 12.9. The third kappa shape index (κ3) is 3.16. The maximum absolute atomic E-state index is 12.9. The second-order valence-corrected chi connectivity index (χ2v) is 6.85. The van der Waals surface area contributed by atoms with Gasteiger partial charge in [0.25, 0.3) is 0 Å². The van der Waals surface area contributed by atoms with E-state index in [1.165, 1.54) is 19.6 Å². The number of alkyl halides is 3. The molecule has 2 unspecified atom stereocenters. The zero-order valence-electron chi connectivity index (χ0n) is 13.9. The highest BCUT2D eigenvalue weighted by molar-refractivity contribution is 6.00. The second-order valence-electron chi connectivity index (χ2n) is 6.85. The Bertz CT molecular complexity index is 615. The number of piperidine rings is 2. The van der Waals surface area contributed by atoms with Crippen molar-refractivity contribution in [3.05, 3.63) is 29.3 Å². The van der Waals surface area contributed by atoms with Crippen molar-refractivity contribution in [3.8, 4) is 5.75 Å². The van der Waals surface area contributed by atoms with Crippen LogP contribution in [0.3, 0.4) is 0 Å². The van der Waals surface area contributed by atoms with Gasteiger partial charge in [0.2, 0.25) is 0 Å². The van der Waals surface area contributed by atoms with E-state index in [2.05, 4.69) is 11.9 Å². The lowest BCUT2D eigenvalue weighted by Crippen LogP contribution is -2.51. The van der Waals surface area contributed by atoms with Gasteiger partial charge < -0.3 is 9.64 Å². The highest BCUT2D eigenvalue weighted by Gasteiger charge is 2.40. The lowest BCUT2D eigenvalue weighted by molar-refractivity contribution is -0.137. The summed E-state index contributed by atoms with van der Waals surface area (Å²) < 4.78 is 43.6. The molecular formula is C18H22F3NO2. The predicted octanol–water partition coefficient (Wildman–Crippen LogP) is 4.16. The number of halogens is 3. The molecule has 2 aliphatic rings. The van der Waals surface area contributed by atoms with Gasteiger partial charge in [0, 0.05) is 18.0 Å². The van der Waals surface area contributed by atoms with Crippen LogP contribution in [0.25, 0.3) is 0 Å². The number of ether oxygens (including phenoxy) is 1. The zero-order chi connectivity index (χ0) is 17.5. The molecule has 0 saturated carbocycles. The van der Waals surface area contributed by atoms with Gasteiger partial charge in [0.1, 0.15) is 5.75 Å². The molecule has 2 heterocycles. The summed E-state index contributed by atoms with van der Waals surface area (Å²) in [5.74, 6) is -0.216. The van der Waals surface area contributed by atoms with Crippen LogP contribution in [0.1, 0.15) is 48.0 Å². The molecule has 2 fully saturated rings. The predicted molar refractivity (Wildman–Crippen MR) is 84.2 cm³/mol. The van der Waals surface area contributed by atoms with E-state index < -0.39 is 11.7 Å². The number of Topliss-reactive ketones (excluding diaryl/α,β-unsaturated/α-hetero) is 1. The van der Waals surface area contributed by atoms with E-state index in [9.17, 15) is 18.0 Å². The Morgan fingerprint density at radius 2 is 1.83 bits per heavy atom. The quantitative estimate of drug-likeness (QED) is 0.773. The van der Waals surface area contributed by atoms with Gasteiger partial charge in [-0.1, -0.05) is 6.42 Å². The van der Waals surface area contributed by atoms with Crippen LogP contribution in [0.4, 0.5) is 13.2 Å². The molecule has 1 aromatic carbocycles. The van der Waals surface area contributed by atoms with Crippen LogP contribution in [-0.4, -0.2) is 36.9 Å². The molecule has 3 nitrogen and oxygen atoms in total. The van der Waals surface area contributed by atoms with Gasteiger partial charge in [0.15, 0.2) is 5.78 Å². The molecule has 2 atom stereocenters. The van der Waals surface area contributed by atoms with Crippen LogP contribution in [0.15, 0.2) is 18.2 Å². The second kappa shape index (κ2) is 6.39. The van der Waals surface area contributed by atoms with Crippen molar-refractivity contribution in [1.82, 2.24) is 4.90 Å². The van der Waals surface area contributed by atoms with E-state index in [1.54, 1.807) is 0 Å². The number of carbonyl (C=O) groups excluding carboxylic acids is 1. The Balaban J connectivity index is 1.85. The Hall–Kier alpha value is -1.56. The van der Waals surface area contributed by atoms with E-state index >= 15 is 0 Å². The van der Waals surface area contributed by atoms with E-state index in [0.29, 0.717) is 12.1 Å². The molecule has 2 bridgehead atoms. The molecule has 0 aliphatic carbocycles. The number of ketones is 1. The summed E-state index contributed by atoms with van der Waals surface area (Å²) in [6.45, 7) is 0. The Kier molecular flexibility index (Phi) is 4.60.